The molecule has 4 aromatic carbocycles. The number of hydrogen-bond acceptors (Lipinski definition) is 3. The minimum absolute atomic E-state index is 0.0997. The molecular formula is C29H25F3O3. The maximum absolute atomic E-state index is 15.0. The van der Waals surface area contributed by atoms with E-state index in [9.17, 15) is 18.3 Å². The van der Waals surface area contributed by atoms with E-state index < -0.39 is 23.6 Å². The van der Waals surface area contributed by atoms with Crippen LogP contribution in [0.25, 0.3) is 22.3 Å². The van der Waals surface area contributed by atoms with Crippen LogP contribution in [0.15, 0.2) is 78.9 Å². The second-order valence-electron chi connectivity index (χ2n) is 8.10. The summed E-state index contributed by atoms with van der Waals surface area (Å²) in [5.41, 5.74) is 2.75. The van der Waals surface area contributed by atoms with Crippen LogP contribution in [0.1, 0.15) is 31.1 Å². The van der Waals surface area contributed by atoms with Gasteiger partial charge in [0.1, 0.15) is 12.4 Å². The second-order valence-corrected chi connectivity index (χ2v) is 8.10. The lowest BCUT2D eigenvalue weighted by Crippen LogP contribution is -1.99. The maximum atomic E-state index is 15.0. The van der Waals surface area contributed by atoms with Crippen molar-refractivity contribution in [3.8, 4) is 33.8 Å². The van der Waals surface area contributed by atoms with E-state index >= 15 is 0 Å². The van der Waals surface area contributed by atoms with Crippen molar-refractivity contribution in [1.82, 2.24) is 0 Å². The highest BCUT2D eigenvalue weighted by Gasteiger charge is 2.16. The number of rotatable bonds is 8. The fourth-order valence-corrected chi connectivity index (χ4v) is 3.73. The van der Waals surface area contributed by atoms with E-state index in [1.54, 1.807) is 61.5 Å². The standard InChI is InChI=1S/C29H25F3O3/c1-3-34-23-12-15-27(26(30)16-23)35-17-19-4-6-21(7-5-19)24-13-14-25(29(32)28(24)31)22-10-8-20(9-11-22)18(2)33/h4-16,18,33H,3,17H2,1-2H3. The molecule has 1 N–H and O–H groups in total. The highest BCUT2D eigenvalue weighted by molar-refractivity contribution is 5.72. The first-order valence-corrected chi connectivity index (χ1v) is 11.3. The Labute approximate surface area is 202 Å². The molecule has 1 unspecified atom stereocenters. The number of aliphatic hydroxyl groups excluding tert-OH is 1. The third-order valence-electron chi connectivity index (χ3n) is 5.66. The molecule has 0 aliphatic rings. The molecule has 0 radical (unpaired) electrons. The first-order valence-electron chi connectivity index (χ1n) is 11.3. The minimum atomic E-state index is -0.942. The van der Waals surface area contributed by atoms with Gasteiger partial charge in [-0.15, -0.1) is 0 Å². The summed E-state index contributed by atoms with van der Waals surface area (Å²) in [6.45, 7) is 4.01. The van der Waals surface area contributed by atoms with Gasteiger partial charge in [0, 0.05) is 17.2 Å². The van der Waals surface area contributed by atoms with Gasteiger partial charge in [0.05, 0.1) is 12.7 Å². The highest BCUT2D eigenvalue weighted by atomic mass is 19.2. The van der Waals surface area contributed by atoms with Crippen LogP contribution in [0.3, 0.4) is 0 Å². The summed E-state index contributed by atoms with van der Waals surface area (Å²) in [6, 6.07) is 21.0. The average Bonchev–Trinajstić information content (AvgIpc) is 2.86. The van der Waals surface area contributed by atoms with Crippen molar-refractivity contribution >= 4 is 0 Å². The zero-order valence-corrected chi connectivity index (χ0v) is 19.4. The van der Waals surface area contributed by atoms with E-state index in [1.165, 1.54) is 24.3 Å². The molecule has 0 spiro atoms. The van der Waals surface area contributed by atoms with Gasteiger partial charge in [-0.05, 0) is 48.2 Å². The Balaban J connectivity index is 1.48. The molecule has 0 aromatic heterocycles. The van der Waals surface area contributed by atoms with Crippen LogP contribution in [0.5, 0.6) is 11.5 Å². The van der Waals surface area contributed by atoms with E-state index in [2.05, 4.69) is 0 Å². The van der Waals surface area contributed by atoms with Gasteiger partial charge in [-0.25, -0.2) is 13.2 Å². The van der Waals surface area contributed by atoms with Gasteiger partial charge in [-0.2, -0.15) is 0 Å². The van der Waals surface area contributed by atoms with Crippen molar-refractivity contribution in [2.45, 2.75) is 26.6 Å². The molecule has 3 nitrogen and oxygen atoms in total. The van der Waals surface area contributed by atoms with Crippen LogP contribution < -0.4 is 9.47 Å². The lowest BCUT2D eigenvalue weighted by atomic mass is 9.97. The van der Waals surface area contributed by atoms with Gasteiger partial charge in [-0.1, -0.05) is 60.7 Å². The smallest absolute Gasteiger partial charge is 0.168 e. The molecule has 1 atom stereocenters. The van der Waals surface area contributed by atoms with E-state index in [0.29, 0.717) is 29.0 Å². The van der Waals surface area contributed by atoms with Gasteiger partial charge in [-0.3, -0.25) is 0 Å². The normalized spacial score (nSPS) is 11.8. The molecule has 0 heterocycles. The molecule has 0 aliphatic carbocycles. The maximum Gasteiger partial charge on any atom is 0.168 e. The largest absolute Gasteiger partial charge is 0.494 e. The Hall–Kier alpha value is -3.77. The van der Waals surface area contributed by atoms with Crippen LogP contribution >= 0.6 is 0 Å². The van der Waals surface area contributed by atoms with Gasteiger partial charge in [0.25, 0.3) is 0 Å². The SMILES string of the molecule is CCOc1ccc(OCc2ccc(-c3ccc(-c4ccc(C(C)O)cc4)c(F)c3F)cc2)c(F)c1. The van der Waals surface area contributed by atoms with Gasteiger partial charge >= 0.3 is 0 Å². The molecule has 0 saturated heterocycles. The summed E-state index contributed by atoms with van der Waals surface area (Å²) in [5.74, 6) is -1.87. The van der Waals surface area contributed by atoms with Crippen LogP contribution in [0, 0.1) is 17.5 Å². The molecule has 0 bridgehead atoms. The van der Waals surface area contributed by atoms with E-state index in [4.69, 9.17) is 9.47 Å². The quantitative estimate of drug-likeness (QED) is 0.286. The lowest BCUT2D eigenvalue weighted by Gasteiger charge is -2.12. The van der Waals surface area contributed by atoms with Gasteiger partial charge < -0.3 is 14.6 Å². The Bertz CT molecular complexity index is 1300. The molecular weight excluding hydrogens is 453 g/mol. The summed E-state index contributed by atoms with van der Waals surface area (Å²) < 4.78 is 54.8. The topological polar surface area (TPSA) is 38.7 Å². The average molecular weight is 479 g/mol. The van der Waals surface area contributed by atoms with Gasteiger partial charge in [0.15, 0.2) is 23.2 Å². The predicted molar refractivity (Wildman–Crippen MR) is 130 cm³/mol. The van der Waals surface area contributed by atoms with E-state index in [-0.39, 0.29) is 23.5 Å². The van der Waals surface area contributed by atoms with Crippen molar-refractivity contribution in [2.75, 3.05) is 6.61 Å². The zero-order chi connectivity index (χ0) is 24.9. The van der Waals surface area contributed by atoms with Crippen molar-refractivity contribution in [2.24, 2.45) is 0 Å². The molecule has 0 amide bonds. The Morgan fingerprint density at radius 3 is 1.83 bits per heavy atom. The van der Waals surface area contributed by atoms with Crippen molar-refractivity contribution in [1.29, 1.82) is 0 Å². The number of hydrogen-bond donors (Lipinski definition) is 1. The summed E-state index contributed by atoms with van der Waals surface area (Å²) in [5, 5.41) is 9.63. The fourth-order valence-electron chi connectivity index (χ4n) is 3.73. The molecule has 6 heteroatoms. The monoisotopic (exact) mass is 478 g/mol. The molecule has 0 fully saturated rings. The molecule has 4 aromatic rings. The van der Waals surface area contributed by atoms with Crippen LogP contribution in [-0.4, -0.2) is 11.7 Å². The van der Waals surface area contributed by atoms with Crippen molar-refractivity contribution in [3.05, 3.63) is 107 Å². The first-order chi connectivity index (χ1) is 16.9. The summed E-state index contributed by atoms with van der Waals surface area (Å²) in [4.78, 5) is 0. The Morgan fingerprint density at radius 2 is 1.31 bits per heavy atom. The van der Waals surface area contributed by atoms with Crippen molar-refractivity contribution in [3.63, 3.8) is 0 Å². The third-order valence-corrected chi connectivity index (χ3v) is 5.66. The minimum Gasteiger partial charge on any atom is -0.494 e. The highest BCUT2D eigenvalue weighted by Crippen LogP contribution is 2.32. The number of benzene rings is 4. The van der Waals surface area contributed by atoms with Crippen molar-refractivity contribution < 1.29 is 27.8 Å². The van der Waals surface area contributed by atoms with E-state index in [0.717, 1.165) is 5.56 Å². The summed E-state index contributed by atoms with van der Waals surface area (Å²) >= 11 is 0. The van der Waals surface area contributed by atoms with Crippen LogP contribution in [0.2, 0.25) is 0 Å². The summed E-state index contributed by atoms with van der Waals surface area (Å²) in [6.07, 6.45) is -0.638. The summed E-state index contributed by atoms with van der Waals surface area (Å²) in [7, 11) is 0. The lowest BCUT2D eigenvalue weighted by molar-refractivity contribution is 0.199. The number of aliphatic hydroxyl groups is 1. The molecule has 0 aliphatic heterocycles. The fraction of sp³-hybridized carbons (Fsp3) is 0.172. The molecule has 4 rings (SSSR count). The molecule has 180 valence electrons. The first kappa shape index (κ1) is 24.4. The van der Waals surface area contributed by atoms with E-state index in [1.807, 2.05) is 6.92 Å². The Kier molecular flexibility index (Phi) is 7.42. The Morgan fingerprint density at radius 1 is 0.743 bits per heavy atom. The zero-order valence-electron chi connectivity index (χ0n) is 19.4. The predicted octanol–water partition coefficient (Wildman–Crippen LogP) is 7.47. The van der Waals surface area contributed by atoms with Crippen LogP contribution in [0.4, 0.5) is 13.2 Å². The number of halogens is 3. The number of ether oxygens (including phenoxy) is 2. The third kappa shape index (κ3) is 5.49. The van der Waals surface area contributed by atoms with Crippen LogP contribution in [-0.2, 0) is 6.61 Å². The second kappa shape index (κ2) is 10.7. The molecule has 0 saturated carbocycles. The van der Waals surface area contributed by atoms with Gasteiger partial charge in [0.2, 0.25) is 0 Å². The molecule has 35 heavy (non-hydrogen) atoms.